The van der Waals surface area contributed by atoms with E-state index in [9.17, 15) is 0 Å². The average molecular weight is 335 g/mol. The Morgan fingerprint density at radius 3 is 1.82 bits per heavy atom. The molecule has 2 nitrogen and oxygen atoms in total. The third-order valence-corrected chi connectivity index (χ3v) is 7.87. The Hall–Kier alpha value is -0.505. The van der Waals surface area contributed by atoms with Crippen LogP contribution in [-0.4, -0.2) is 0 Å². The Morgan fingerprint density at radius 2 is 1.45 bits per heavy atom. The normalized spacial score (nSPS) is 9.45. The third kappa shape index (κ3) is 1.74. The van der Waals surface area contributed by atoms with Gasteiger partial charge in [-0.15, -0.1) is 0 Å². The average Bonchev–Trinajstić information content (AvgIpc) is 2.60. The summed E-state index contributed by atoms with van der Waals surface area (Å²) >= 11 is -1.07. The molecular formula is C8H6HgO2. The molecule has 2 rings (SSSR count). The van der Waals surface area contributed by atoms with Gasteiger partial charge in [-0.2, -0.15) is 0 Å². The van der Waals surface area contributed by atoms with Gasteiger partial charge in [0.25, 0.3) is 0 Å². The van der Waals surface area contributed by atoms with Crippen molar-refractivity contribution in [2.24, 2.45) is 0 Å². The molecule has 0 saturated carbocycles. The van der Waals surface area contributed by atoms with Gasteiger partial charge < -0.3 is 0 Å². The second-order valence-electron chi connectivity index (χ2n) is 2.44. The van der Waals surface area contributed by atoms with Crippen LogP contribution in [0.1, 0.15) is 0 Å². The number of hydrogen-bond acceptors (Lipinski definition) is 2. The van der Waals surface area contributed by atoms with Crippen molar-refractivity contribution in [2.75, 3.05) is 0 Å². The van der Waals surface area contributed by atoms with Crippen molar-refractivity contribution in [1.82, 2.24) is 0 Å². The Labute approximate surface area is 76.6 Å². The summed E-state index contributed by atoms with van der Waals surface area (Å²) in [5, 5.41) is 0. The zero-order valence-electron chi connectivity index (χ0n) is 5.99. The van der Waals surface area contributed by atoms with E-state index in [2.05, 4.69) is 12.1 Å². The molecule has 0 aromatic carbocycles. The van der Waals surface area contributed by atoms with Gasteiger partial charge in [0.2, 0.25) is 0 Å². The predicted molar refractivity (Wildman–Crippen MR) is 36.7 cm³/mol. The first-order chi connectivity index (χ1) is 5.45. The van der Waals surface area contributed by atoms with Gasteiger partial charge in [-0.1, -0.05) is 0 Å². The second-order valence-corrected chi connectivity index (χ2v) is 10.2. The summed E-state index contributed by atoms with van der Waals surface area (Å²) in [4.78, 5) is 0. The Morgan fingerprint density at radius 1 is 0.909 bits per heavy atom. The van der Waals surface area contributed by atoms with E-state index in [1.165, 1.54) is 6.14 Å². The van der Waals surface area contributed by atoms with Gasteiger partial charge in [-0.05, 0) is 0 Å². The van der Waals surface area contributed by atoms with Crippen LogP contribution in [0.5, 0.6) is 0 Å². The molecule has 0 radical (unpaired) electrons. The van der Waals surface area contributed by atoms with Crippen molar-refractivity contribution in [3.63, 3.8) is 0 Å². The number of rotatable bonds is 2. The van der Waals surface area contributed by atoms with Crippen LogP contribution in [0, 0.1) is 0 Å². The Bertz CT molecular complexity index is 264. The summed E-state index contributed by atoms with van der Waals surface area (Å²) in [5.74, 6) is 0. The van der Waals surface area contributed by atoms with Crippen LogP contribution in [0.25, 0.3) is 0 Å². The van der Waals surface area contributed by atoms with Crippen LogP contribution in [0.15, 0.2) is 46.0 Å². The molecule has 11 heavy (non-hydrogen) atoms. The number of furan rings is 2. The van der Waals surface area contributed by atoms with Gasteiger partial charge in [0.05, 0.1) is 0 Å². The first-order valence-corrected chi connectivity index (χ1v) is 8.97. The molecular weight excluding hydrogens is 329 g/mol. The van der Waals surface area contributed by atoms with E-state index in [0.29, 0.717) is 0 Å². The monoisotopic (exact) mass is 336 g/mol. The van der Waals surface area contributed by atoms with Crippen molar-refractivity contribution in [3.05, 3.63) is 37.2 Å². The summed E-state index contributed by atoms with van der Waals surface area (Å²) in [6.07, 6.45) is 7.15. The quantitative estimate of drug-likeness (QED) is 0.763. The molecule has 52 valence electrons. The van der Waals surface area contributed by atoms with E-state index in [-0.39, 0.29) is 0 Å². The minimum absolute atomic E-state index is 1.07. The fourth-order valence-electron chi connectivity index (χ4n) is 1.02. The third-order valence-electron chi connectivity index (χ3n) is 1.57. The van der Waals surface area contributed by atoms with Gasteiger partial charge in [0.1, 0.15) is 0 Å². The molecule has 2 aromatic rings. The molecule has 2 aromatic heterocycles. The van der Waals surface area contributed by atoms with Gasteiger partial charge in [-0.3, -0.25) is 0 Å². The van der Waals surface area contributed by atoms with E-state index in [0.717, 1.165) is 0 Å². The molecule has 0 amide bonds. The van der Waals surface area contributed by atoms with Gasteiger partial charge >= 0.3 is 76.7 Å². The SMILES string of the molecule is c1c[c]([Hg][c]2ccoc2)co1. The van der Waals surface area contributed by atoms with Crippen LogP contribution in [0.3, 0.4) is 0 Å². The van der Waals surface area contributed by atoms with Crippen LogP contribution in [0.2, 0.25) is 0 Å². The van der Waals surface area contributed by atoms with Crippen LogP contribution >= 0.6 is 0 Å². The molecule has 0 aliphatic rings. The van der Waals surface area contributed by atoms with Crippen LogP contribution in [0.4, 0.5) is 0 Å². The minimum atomic E-state index is -1.07. The molecule has 0 fully saturated rings. The molecule has 0 unspecified atom stereocenters. The maximum atomic E-state index is 4.99. The molecule has 0 aliphatic carbocycles. The molecule has 0 atom stereocenters. The predicted octanol–water partition coefficient (Wildman–Crippen LogP) is 0.906. The van der Waals surface area contributed by atoms with Crippen molar-refractivity contribution < 1.29 is 33.4 Å². The molecule has 0 N–H and O–H groups in total. The van der Waals surface area contributed by atoms with Crippen molar-refractivity contribution in [1.29, 1.82) is 0 Å². The van der Waals surface area contributed by atoms with E-state index >= 15 is 0 Å². The van der Waals surface area contributed by atoms with Crippen molar-refractivity contribution in [3.8, 4) is 0 Å². The molecule has 0 spiro atoms. The Balaban J connectivity index is 2.14. The fourth-order valence-corrected chi connectivity index (χ4v) is 5.92. The Kier molecular flexibility index (Phi) is 2.12. The van der Waals surface area contributed by atoms with E-state index in [4.69, 9.17) is 8.83 Å². The molecule has 0 bridgehead atoms. The van der Waals surface area contributed by atoms with E-state index < -0.39 is 24.6 Å². The summed E-state index contributed by atoms with van der Waals surface area (Å²) < 4.78 is 12.8. The molecule has 2 heterocycles. The molecule has 3 heteroatoms. The maximum absolute atomic E-state index is 4.99. The summed E-state index contributed by atoms with van der Waals surface area (Å²) in [7, 11) is 0. The van der Waals surface area contributed by atoms with Gasteiger partial charge in [0, 0.05) is 0 Å². The zero-order chi connectivity index (χ0) is 7.52. The summed E-state index contributed by atoms with van der Waals surface area (Å²) in [6.45, 7) is 0. The topological polar surface area (TPSA) is 26.3 Å². The van der Waals surface area contributed by atoms with E-state index in [1.807, 2.05) is 12.5 Å². The first-order valence-electron chi connectivity index (χ1n) is 3.47. The number of hydrogen-bond donors (Lipinski definition) is 0. The standard InChI is InChI=1S/2C4H3O.Hg/c2*1-2-4-5-3-1;/h2*1,3-4H;. The van der Waals surface area contributed by atoms with Crippen LogP contribution in [-0.2, 0) is 24.6 Å². The molecule has 0 saturated heterocycles. The molecule has 0 aliphatic heterocycles. The van der Waals surface area contributed by atoms with E-state index in [1.54, 1.807) is 12.5 Å². The van der Waals surface area contributed by atoms with Gasteiger partial charge in [0.15, 0.2) is 0 Å². The van der Waals surface area contributed by atoms with Crippen molar-refractivity contribution >= 4 is 6.14 Å². The van der Waals surface area contributed by atoms with Crippen LogP contribution < -0.4 is 6.14 Å². The summed E-state index contributed by atoms with van der Waals surface area (Å²) in [5.41, 5.74) is 0. The van der Waals surface area contributed by atoms with Gasteiger partial charge in [-0.25, -0.2) is 0 Å². The zero-order valence-corrected chi connectivity index (χ0v) is 11.5. The second kappa shape index (κ2) is 3.26. The van der Waals surface area contributed by atoms with Crippen molar-refractivity contribution in [2.45, 2.75) is 0 Å². The summed E-state index contributed by atoms with van der Waals surface area (Å²) in [6, 6.07) is 4.10. The fraction of sp³-hybridized carbons (Fsp3) is 0. The first kappa shape index (κ1) is 7.16.